The Morgan fingerprint density at radius 1 is 1.26 bits per heavy atom. The molecule has 0 saturated carbocycles. The van der Waals surface area contributed by atoms with Crippen LogP contribution in [0.4, 0.5) is 0 Å². The number of benzene rings is 2. The molecule has 1 aromatic heterocycles. The van der Waals surface area contributed by atoms with Crippen LogP contribution >= 0.6 is 19.2 Å². The van der Waals surface area contributed by atoms with E-state index in [9.17, 15) is 23.9 Å². The molecule has 0 aliphatic heterocycles. The number of nitrogens with two attached hydrogens (primary N) is 1. The molecule has 7 nitrogen and oxygen atoms in total. The summed E-state index contributed by atoms with van der Waals surface area (Å²) in [5, 5.41) is 1.31. The minimum absolute atomic E-state index is 0.0000690. The first kappa shape index (κ1) is 23.2. The quantitative estimate of drug-likeness (QED) is 0.330. The first-order valence-corrected chi connectivity index (χ1v) is 11.9. The van der Waals surface area contributed by atoms with E-state index >= 15 is 0 Å². The number of halogens is 1. The fourth-order valence-corrected chi connectivity index (χ4v) is 5.16. The lowest BCUT2D eigenvalue weighted by Gasteiger charge is -2.17. The molecule has 0 spiro atoms. The molecule has 4 N–H and O–H groups in total. The molecule has 0 bridgehead atoms. The normalized spacial score (nSPS) is 12.8. The van der Waals surface area contributed by atoms with Crippen molar-refractivity contribution in [2.75, 3.05) is 0 Å². The van der Waals surface area contributed by atoms with Gasteiger partial charge in [0.25, 0.3) is 0 Å². The van der Waals surface area contributed by atoms with Gasteiger partial charge < -0.3 is 24.9 Å². The highest BCUT2D eigenvalue weighted by atomic mass is 35.5. The van der Waals surface area contributed by atoms with Crippen molar-refractivity contribution in [3.05, 3.63) is 69.9 Å². The molecule has 3 rings (SSSR count). The van der Waals surface area contributed by atoms with E-state index in [-0.39, 0.29) is 12.8 Å². The molecule has 0 radical (unpaired) electrons. The van der Waals surface area contributed by atoms with Gasteiger partial charge in [-0.2, -0.15) is 0 Å². The van der Waals surface area contributed by atoms with Crippen molar-refractivity contribution in [1.82, 2.24) is 4.57 Å². The average Bonchev–Trinajstić information content (AvgIpc) is 2.96. The van der Waals surface area contributed by atoms with E-state index in [1.54, 1.807) is 24.3 Å². The lowest BCUT2D eigenvalue weighted by Crippen LogP contribution is -2.15. The van der Waals surface area contributed by atoms with Gasteiger partial charge in [-0.3, -0.25) is 9.36 Å². The molecular formula is C22H24ClN2O5P. The molecule has 1 amide bonds. The van der Waals surface area contributed by atoms with Crippen molar-refractivity contribution >= 4 is 42.3 Å². The van der Waals surface area contributed by atoms with E-state index in [1.807, 2.05) is 25.1 Å². The molecular weight excluding hydrogens is 439 g/mol. The summed E-state index contributed by atoms with van der Waals surface area (Å²) in [6.07, 6.45) is 0.828. The molecule has 164 valence electrons. The van der Waals surface area contributed by atoms with Crippen molar-refractivity contribution in [2.24, 2.45) is 5.73 Å². The second-order valence-corrected chi connectivity index (χ2v) is 9.66. The topological polar surface area (TPSA) is 123 Å². The van der Waals surface area contributed by atoms with Gasteiger partial charge in [0.15, 0.2) is 0 Å². The monoisotopic (exact) mass is 462 g/mol. The van der Waals surface area contributed by atoms with Crippen LogP contribution in [0.2, 0.25) is 5.02 Å². The van der Waals surface area contributed by atoms with Crippen molar-refractivity contribution in [3.8, 4) is 0 Å². The van der Waals surface area contributed by atoms with Crippen LogP contribution in [0, 0.1) is 0 Å². The van der Waals surface area contributed by atoms with Gasteiger partial charge in [-0.25, -0.2) is 0 Å². The van der Waals surface area contributed by atoms with E-state index < -0.39 is 19.2 Å². The second kappa shape index (κ2) is 9.37. The largest absolute Gasteiger partial charge is 0.369 e. The second-order valence-electron chi connectivity index (χ2n) is 7.42. The number of hydrogen-bond donors (Lipinski definition) is 3. The van der Waals surface area contributed by atoms with Crippen LogP contribution in [0.25, 0.3) is 10.9 Å². The van der Waals surface area contributed by atoms with E-state index in [0.29, 0.717) is 35.2 Å². The van der Waals surface area contributed by atoms with Gasteiger partial charge in [0, 0.05) is 34.6 Å². The van der Waals surface area contributed by atoms with E-state index in [0.717, 1.165) is 22.3 Å². The highest BCUT2D eigenvalue weighted by molar-refractivity contribution is 7.52. The van der Waals surface area contributed by atoms with Crippen LogP contribution in [0.5, 0.6) is 0 Å². The van der Waals surface area contributed by atoms with Gasteiger partial charge in [0.1, 0.15) is 6.29 Å². The standard InChI is InChI=1S/C22H24ClN2O5P/c1-2-19-18(12-22(24)27)17-11-15(21(8-9-26)31(28,29)30)6-7-20(17)25(19)13-14-4-3-5-16(23)10-14/h3-7,9-11,21H,2,8,12-13H2,1H3,(H2,24,27)(H2,28,29,30). The van der Waals surface area contributed by atoms with Crippen LogP contribution in [0.3, 0.4) is 0 Å². The predicted molar refractivity (Wildman–Crippen MR) is 120 cm³/mol. The van der Waals surface area contributed by atoms with Crippen molar-refractivity contribution in [1.29, 1.82) is 0 Å². The number of amides is 1. The third-order valence-corrected chi connectivity index (χ3v) is 6.89. The highest BCUT2D eigenvalue weighted by Gasteiger charge is 2.31. The molecule has 3 aromatic rings. The summed E-state index contributed by atoms with van der Waals surface area (Å²) < 4.78 is 14.0. The van der Waals surface area contributed by atoms with Crippen LogP contribution in [0.1, 0.15) is 41.4 Å². The van der Waals surface area contributed by atoms with Crippen molar-refractivity contribution < 1.29 is 23.9 Å². The van der Waals surface area contributed by atoms with Crippen LogP contribution in [0.15, 0.2) is 42.5 Å². The van der Waals surface area contributed by atoms with Crippen LogP contribution in [-0.4, -0.2) is 26.5 Å². The summed E-state index contributed by atoms with van der Waals surface area (Å²) in [5.74, 6) is -0.499. The lowest BCUT2D eigenvalue weighted by atomic mass is 10.0. The number of hydrogen-bond acceptors (Lipinski definition) is 3. The van der Waals surface area contributed by atoms with E-state index in [1.165, 1.54) is 0 Å². The number of carbonyl (C=O) groups is 2. The molecule has 9 heteroatoms. The Morgan fingerprint density at radius 2 is 2.00 bits per heavy atom. The molecule has 31 heavy (non-hydrogen) atoms. The fraction of sp³-hybridized carbons (Fsp3) is 0.273. The lowest BCUT2D eigenvalue weighted by molar-refractivity contribution is -0.117. The van der Waals surface area contributed by atoms with E-state index in [4.69, 9.17) is 17.3 Å². The first-order chi connectivity index (χ1) is 14.7. The Morgan fingerprint density at radius 3 is 2.58 bits per heavy atom. The van der Waals surface area contributed by atoms with Crippen molar-refractivity contribution in [3.63, 3.8) is 0 Å². The maximum Gasteiger partial charge on any atom is 0.333 e. The Labute approximate surface area is 185 Å². The molecule has 1 atom stereocenters. The van der Waals surface area contributed by atoms with Gasteiger partial charge in [-0.1, -0.05) is 36.7 Å². The molecule has 0 saturated heterocycles. The highest BCUT2D eigenvalue weighted by Crippen LogP contribution is 2.53. The molecule has 1 heterocycles. The number of rotatable bonds is 9. The summed E-state index contributed by atoms with van der Waals surface area (Å²) in [6.45, 7) is 2.48. The number of fused-ring (bicyclic) bond motifs is 1. The molecule has 1 unspecified atom stereocenters. The predicted octanol–water partition coefficient (Wildman–Crippen LogP) is 3.74. The first-order valence-electron chi connectivity index (χ1n) is 9.81. The number of carbonyl (C=O) groups excluding carboxylic acids is 2. The Hall–Kier alpha value is -2.44. The van der Waals surface area contributed by atoms with Crippen LogP contribution in [-0.2, 0) is 33.5 Å². The SMILES string of the molecule is CCc1c(CC(N)=O)c2cc(C(CC=O)P(=O)(O)O)ccc2n1Cc1cccc(Cl)c1. The molecule has 0 aliphatic rings. The summed E-state index contributed by atoms with van der Waals surface area (Å²) in [5.41, 5.74) is 8.03. The van der Waals surface area contributed by atoms with Crippen LogP contribution < -0.4 is 5.73 Å². The smallest absolute Gasteiger partial charge is 0.333 e. The summed E-state index contributed by atoms with van der Waals surface area (Å²) in [4.78, 5) is 42.3. The Balaban J connectivity index is 2.23. The number of aromatic nitrogens is 1. The van der Waals surface area contributed by atoms with E-state index in [2.05, 4.69) is 4.57 Å². The van der Waals surface area contributed by atoms with Gasteiger partial charge in [-0.05, 0) is 47.4 Å². The zero-order valence-corrected chi connectivity index (χ0v) is 18.6. The zero-order valence-electron chi connectivity index (χ0n) is 17.0. The van der Waals surface area contributed by atoms with Gasteiger partial charge in [0.05, 0.1) is 12.1 Å². The Kier molecular flexibility index (Phi) is 7.02. The van der Waals surface area contributed by atoms with Gasteiger partial charge in [-0.15, -0.1) is 0 Å². The number of primary amides is 1. The zero-order chi connectivity index (χ0) is 22.8. The van der Waals surface area contributed by atoms with Gasteiger partial charge >= 0.3 is 7.60 Å². The summed E-state index contributed by atoms with van der Waals surface area (Å²) >= 11 is 6.13. The molecule has 0 aliphatic carbocycles. The molecule has 0 fully saturated rings. The summed E-state index contributed by atoms with van der Waals surface area (Å²) in [7, 11) is -4.55. The maximum absolute atomic E-state index is 12.0. The minimum atomic E-state index is -4.55. The number of nitrogens with zero attached hydrogens (tertiary/aromatic N) is 1. The summed E-state index contributed by atoms with van der Waals surface area (Å²) in [6, 6.07) is 12.5. The molecule has 2 aromatic carbocycles. The average molecular weight is 463 g/mol. The number of aldehydes is 1. The maximum atomic E-state index is 12.0. The fourth-order valence-electron chi connectivity index (χ4n) is 4.03. The third-order valence-electron chi connectivity index (χ3n) is 5.34. The van der Waals surface area contributed by atoms with Crippen molar-refractivity contribution in [2.45, 2.75) is 38.4 Å². The third kappa shape index (κ3) is 5.08. The van der Waals surface area contributed by atoms with Gasteiger partial charge in [0.2, 0.25) is 5.91 Å². The minimum Gasteiger partial charge on any atom is -0.369 e. The Bertz CT molecular complexity index is 1180.